The number of nitrogens with zero attached hydrogens (tertiary/aromatic N) is 2. The van der Waals surface area contributed by atoms with Crippen molar-refractivity contribution in [2.45, 2.75) is 0 Å². The molecule has 1 aromatic rings. The molecule has 0 fully saturated rings. The Morgan fingerprint density at radius 2 is 1.90 bits per heavy atom. The summed E-state index contributed by atoms with van der Waals surface area (Å²) < 4.78 is 0.493. The summed E-state index contributed by atoms with van der Waals surface area (Å²) in [5, 5.41) is 29.8. The van der Waals surface area contributed by atoms with Crippen LogP contribution in [0, 0.1) is 10.4 Å². The summed E-state index contributed by atoms with van der Waals surface area (Å²) in [5.41, 5.74) is -0.0768. The van der Waals surface area contributed by atoms with Crippen molar-refractivity contribution in [1.29, 1.82) is 0 Å². The van der Waals surface area contributed by atoms with Crippen LogP contribution >= 0.6 is 0 Å². The van der Waals surface area contributed by atoms with Crippen molar-refractivity contribution in [3.8, 4) is 0 Å². The molecule has 0 spiro atoms. The zero-order valence-corrected chi connectivity index (χ0v) is 4.93. The first-order valence-electron chi connectivity index (χ1n) is 2.53. The molecule has 0 aromatic carbocycles. The highest BCUT2D eigenvalue weighted by Gasteiger charge is 1.93. The van der Waals surface area contributed by atoms with Crippen LogP contribution in [0.4, 0.5) is 5.69 Å². The molecule has 5 nitrogen and oxygen atoms in total. The van der Waals surface area contributed by atoms with E-state index in [1.165, 1.54) is 0 Å². The van der Waals surface area contributed by atoms with Gasteiger partial charge in [-0.15, -0.1) is 0 Å². The van der Waals surface area contributed by atoms with E-state index in [4.69, 9.17) is 0 Å². The van der Waals surface area contributed by atoms with Crippen LogP contribution in [0.1, 0.15) is 0 Å². The minimum atomic E-state index is -0.556. The maximum atomic E-state index is 10.3. The lowest BCUT2D eigenvalue weighted by molar-refractivity contribution is -0.605. The second-order valence-electron chi connectivity index (χ2n) is 1.67. The van der Waals surface area contributed by atoms with E-state index in [2.05, 4.69) is 0 Å². The molecule has 0 aliphatic heterocycles. The Morgan fingerprint density at radius 3 is 2.30 bits per heavy atom. The Hall–Kier alpha value is -1.33. The Balaban J connectivity index is 2.89. The van der Waals surface area contributed by atoms with Gasteiger partial charge < -0.3 is 10.4 Å². The van der Waals surface area contributed by atoms with E-state index in [-0.39, 0.29) is 5.69 Å². The molecular weight excluding hydrogens is 136 g/mol. The molecule has 1 radical (unpaired) electrons. The van der Waals surface area contributed by atoms with Crippen LogP contribution in [-0.4, -0.2) is 0 Å². The minimum Gasteiger partial charge on any atom is -0.731 e. The number of pyridine rings is 1. The molecule has 53 valence electrons. The van der Waals surface area contributed by atoms with Gasteiger partial charge in [0.05, 0.1) is 5.69 Å². The van der Waals surface area contributed by atoms with Gasteiger partial charge in [-0.3, -0.25) is 5.23 Å². The van der Waals surface area contributed by atoms with Crippen LogP contribution in [-0.2, 0) is 5.21 Å². The number of rotatable bonds is 1. The van der Waals surface area contributed by atoms with E-state index >= 15 is 0 Å². The van der Waals surface area contributed by atoms with E-state index in [1.54, 1.807) is 0 Å². The van der Waals surface area contributed by atoms with Gasteiger partial charge in [-0.25, -0.2) is 0 Å². The van der Waals surface area contributed by atoms with Gasteiger partial charge in [0.1, 0.15) is 0 Å². The molecule has 0 N–H and O–H groups in total. The Bertz CT molecular complexity index is 209. The molecule has 10 heavy (non-hydrogen) atoms. The monoisotopic (exact) mass is 140 g/mol. The van der Waals surface area contributed by atoms with Crippen molar-refractivity contribution in [2.24, 2.45) is 0 Å². The summed E-state index contributed by atoms with van der Waals surface area (Å²) in [6.07, 6.45) is 2.16. The van der Waals surface area contributed by atoms with Crippen LogP contribution in [0.3, 0.4) is 0 Å². The van der Waals surface area contributed by atoms with E-state index < -0.39 is 5.23 Å². The van der Waals surface area contributed by atoms with E-state index in [9.17, 15) is 15.6 Å². The predicted octanol–water partition coefficient (Wildman–Crippen LogP) is -0.0303. The third-order valence-corrected chi connectivity index (χ3v) is 0.995. The summed E-state index contributed by atoms with van der Waals surface area (Å²) in [5.74, 6) is 0. The molecular formula is C5H4N2O3-. The zero-order chi connectivity index (χ0) is 7.56. The number of hydrogen-bond donors (Lipinski definition) is 0. The lowest BCUT2D eigenvalue weighted by Crippen LogP contribution is -2.24. The fourth-order valence-corrected chi connectivity index (χ4v) is 0.527. The van der Waals surface area contributed by atoms with E-state index in [0.29, 0.717) is 4.73 Å². The highest BCUT2D eigenvalue weighted by atomic mass is 16.8. The summed E-state index contributed by atoms with van der Waals surface area (Å²) in [6, 6.07) is 2.29. The molecule has 0 amide bonds. The van der Waals surface area contributed by atoms with Crippen molar-refractivity contribution in [1.82, 2.24) is 0 Å². The first-order chi connectivity index (χ1) is 4.70. The SMILES string of the molecule is [O]N([O-])c1cc[n+]([O-])cc1. The average Bonchev–Trinajstić information content (AvgIpc) is 1.88. The summed E-state index contributed by atoms with van der Waals surface area (Å²) in [7, 11) is 0. The highest BCUT2D eigenvalue weighted by Crippen LogP contribution is 2.06. The molecule has 0 atom stereocenters. The molecule has 1 rings (SSSR count). The fraction of sp³-hybridized carbons (Fsp3) is 0. The standard InChI is InChI=1S/C5H4N2O3/c8-6-3-1-5(2-4-6)7(9)10/h1-4H/q-1. The molecule has 1 aromatic heterocycles. The Morgan fingerprint density at radius 1 is 1.40 bits per heavy atom. The Labute approximate surface area is 56.9 Å². The van der Waals surface area contributed by atoms with Gasteiger partial charge in [0.25, 0.3) is 0 Å². The third kappa shape index (κ3) is 1.34. The Kier molecular flexibility index (Phi) is 1.70. The van der Waals surface area contributed by atoms with Gasteiger partial charge in [0, 0.05) is 12.1 Å². The predicted molar refractivity (Wildman–Crippen MR) is 31.9 cm³/mol. The van der Waals surface area contributed by atoms with Crippen LogP contribution in [0.2, 0.25) is 0 Å². The topological polar surface area (TPSA) is 73.1 Å². The first kappa shape index (κ1) is 6.79. The molecule has 5 heteroatoms. The maximum absolute atomic E-state index is 10.3. The maximum Gasteiger partial charge on any atom is 0.182 e. The summed E-state index contributed by atoms with van der Waals surface area (Å²) >= 11 is 0. The van der Waals surface area contributed by atoms with Crippen molar-refractivity contribution in [3.05, 3.63) is 34.9 Å². The molecule has 1 heterocycles. The average molecular weight is 140 g/mol. The third-order valence-electron chi connectivity index (χ3n) is 0.995. The lowest BCUT2D eigenvalue weighted by atomic mass is 10.4. The van der Waals surface area contributed by atoms with Crippen molar-refractivity contribution in [2.75, 3.05) is 5.23 Å². The molecule has 0 bridgehead atoms. The largest absolute Gasteiger partial charge is 0.731 e. The first-order valence-corrected chi connectivity index (χ1v) is 2.53. The van der Waals surface area contributed by atoms with Gasteiger partial charge >= 0.3 is 0 Å². The second kappa shape index (κ2) is 2.51. The van der Waals surface area contributed by atoms with Gasteiger partial charge in [-0.1, -0.05) is 5.21 Å². The van der Waals surface area contributed by atoms with Crippen molar-refractivity contribution < 1.29 is 9.94 Å². The van der Waals surface area contributed by atoms with Crippen LogP contribution in [0.25, 0.3) is 0 Å². The molecule has 0 saturated carbocycles. The molecule has 0 unspecified atom stereocenters. The van der Waals surface area contributed by atoms with Crippen LogP contribution < -0.4 is 9.96 Å². The smallest absolute Gasteiger partial charge is 0.182 e. The highest BCUT2D eigenvalue weighted by molar-refractivity contribution is 5.40. The molecule has 0 aliphatic rings. The van der Waals surface area contributed by atoms with Gasteiger partial charge in [0.15, 0.2) is 12.4 Å². The van der Waals surface area contributed by atoms with Gasteiger partial charge in [-0.2, -0.15) is 4.73 Å². The lowest BCUT2D eigenvalue weighted by Gasteiger charge is -2.16. The number of aromatic nitrogens is 1. The van der Waals surface area contributed by atoms with Gasteiger partial charge in [0.2, 0.25) is 0 Å². The number of anilines is 1. The van der Waals surface area contributed by atoms with Gasteiger partial charge in [-0.05, 0) is 0 Å². The van der Waals surface area contributed by atoms with Crippen molar-refractivity contribution in [3.63, 3.8) is 0 Å². The summed E-state index contributed by atoms with van der Waals surface area (Å²) in [4.78, 5) is 0. The quantitative estimate of drug-likeness (QED) is 0.312. The van der Waals surface area contributed by atoms with E-state index in [1.807, 2.05) is 0 Å². The van der Waals surface area contributed by atoms with E-state index in [0.717, 1.165) is 24.5 Å². The fourth-order valence-electron chi connectivity index (χ4n) is 0.527. The zero-order valence-electron chi connectivity index (χ0n) is 4.93. The second-order valence-corrected chi connectivity index (χ2v) is 1.67. The molecule has 0 aliphatic carbocycles. The minimum absolute atomic E-state index is 0.0768. The van der Waals surface area contributed by atoms with Crippen molar-refractivity contribution >= 4 is 5.69 Å². The van der Waals surface area contributed by atoms with Crippen LogP contribution in [0.15, 0.2) is 24.5 Å². The number of hydrogen-bond acceptors (Lipinski definition) is 3. The molecule has 0 saturated heterocycles. The van der Waals surface area contributed by atoms with Crippen LogP contribution in [0.5, 0.6) is 0 Å². The summed E-state index contributed by atoms with van der Waals surface area (Å²) in [6.45, 7) is 0. The normalized spacial score (nSPS) is 9.40.